The van der Waals surface area contributed by atoms with Crippen LogP contribution in [0.5, 0.6) is 5.75 Å². The maximum absolute atomic E-state index is 6.20. The molecule has 0 spiro atoms. The molecule has 1 aliphatic heterocycles. The third-order valence-corrected chi connectivity index (χ3v) is 5.13. The first kappa shape index (κ1) is 13.3. The summed E-state index contributed by atoms with van der Waals surface area (Å²) >= 11 is 6.20. The van der Waals surface area contributed by atoms with E-state index in [9.17, 15) is 0 Å². The second kappa shape index (κ2) is 5.72. The van der Waals surface area contributed by atoms with Crippen LogP contribution in [-0.2, 0) is 0 Å². The number of fused-ring (bicyclic) bond motifs is 1. The van der Waals surface area contributed by atoms with Crippen molar-refractivity contribution in [1.82, 2.24) is 5.32 Å². The molecule has 1 aromatic carbocycles. The van der Waals surface area contributed by atoms with Crippen LogP contribution in [0.3, 0.4) is 0 Å². The number of para-hydroxylation sites is 1. The highest BCUT2D eigenvalue weighted by molar-refractivity contribution is 6.18. The topological polar surface area (TPSA) is 21.3 Å². The Hall–Kier alpha value is -0.730. The van der Waals surface area contributed by atoms with Crippen LogP contribution >= 0.6 is 11.6 Å². The van der Waals surface area contributed by atoms with Crippen LogP contribution in [0.1, 0.15) is 43.6 Å². The minimum Gasteiger partial charge on any atom is -0.493 e. The van der Waals surface area contributed by atoms with Crippen molar-refractivity contribution in [2.24, 2.45) is 0 Å². The van der Waals surface area contributed by atoms with E-state index < -0.39 is 0 Å². The molecule has 1 fully saturated rings. The van der Waals surface area contributed by atoms with Gasteiger partial charge in [0.25, 0.3) is 0 Å². The zero-order valence-corrected chi connectivity index (χ0v) is 12.1. The monoisotopic (exact) mass is 279 g/mol. The average molecular weight is 280 g/mol. The first-order valence-corrected chi connectivity index (χ1v) is 7.89. The lowest BCUT2D eigenvalue weighted by molar-refractivity contribution is 0.254. The molecule has 1 atom stereocenters. The summed E-state index contributed by atoms with van der Waals surface area (Å²) < 4.78 is 5.72. The van der Waals surface area contributed by atoms with Gasteiger partial charge in [0, 0.05) is 23.9 Å². The summed E-state index contributed by atoms with van der Waals surface area (Å²) in [5, 5.41) is 3.77. The van der Waals surface area contributed by atoms with E-state index in [-0.39, 0.29) is 5.54 Å². The summed E-state index contributed by atoms with van der Waals surface area (Å²) in [4.78, 5) is 0. The van der Waals surface area contributed by atoms with E-state index in [1.54, 1.807) is 0 Å². The Kier molecular flexibility index (Phi) is 3.99. The number of ether oxygens (including phenoxy) is 1. The molecule has 2 nitrogen and oxygen atoms in total. The van der Waals surface area contributed by atoms with Gasteiger partial charge in [0.15, 0.2) is 0 Å². The predicted octanol–water partition coefficient (Wildman–Crippen LogP) is 3.69. The summed E-state index contributed by atoms with van der Waals surface area (Å²) in [6, 6.07) is 8.43. The van der Waals surface area contributed by atoms with E-state index >= 15 is 0 Å². The number of hydrogen-bond donors (Lipinski definition) is 1. The zero-order chi connectivity index (χ0) is 13.1. The van der Waals surface area contributed by atoms with Gasteiger partial charge < -0.3 is 10.1 Å². The second-order valence-corrected chi connectivity index (χ2v) is 6.14. The van der Waals surface area contributed by atoms with Gasteiger partial charge in [-0.1, -0.05) is 31.0 Å². The normalized spacial score (nSPS) is 24.8. The Morgan fingerprint density at radius 3 is 2.84 bits per heavy atom. The smallest absolute Gasteiger partial charge is 0.122 e. The molecular formula is C16H22ClNO. The Morgan fingerprint density at radius 2 is 2.05 bits per heavy atom. The molecule has 1 aliphatic carbocycles. The maximum Gasteiger partial charge on any atom is 0.122 e. The fourth-order valence-electron chi connectivity index (χ4n) is 3.38. The molecule has 3 heteroatoms. The van der Waals surface area contributed by atoms with Crippen molar-refractivity contribution in [3.05, 3.63) is 29.8 Å². The van der Waals surface area contributed by atoms with Gasteiger partial charge in [0.1, 0.15) is 5.75 Å². The van der Waals surface area contributed by atoms with Crippen molar-refractivity contribution in [1.29, 1.82) is 0 Å². The zero-order valence-electron chi connectivity index (χ0n) is 11.3. The van der Waals surface area contributed by atoms with Gasteiger partial charge in [-0.05, 0) is 30.9 Å². The van der Waals surface area contributed by atoms with E-state index in [4.69, 9.17) is 16.3 Å². The second-order valence-electron chi connectivity index (χ2n) is 5.87. The van der Waals surface area contributed by atoms with Crippen LogP contribution in [0.25, 0.3) is 0 Å². The first-order chi connectivity index (χ1) is 9.33. The maximum atomic E-state index is 6.20. The molecule has 0 saturated heterocycles. The van der Waals surface area contributed by atoms with Gasteiger partial charge in [-0.15, -0.1) is 11.6 Å². The SMILES string of the molecule is ClCC1(NCC2CCOc3ccccc32)CCCC1. The van der Waals surface area contributed by atoms with Gasteiger partial charge >= 0.3 is 0 Å². The van der Waals surface area contributed by atoms with Crippen LogP contribution in [0.15, 0.2) is 24.3 Å². The number of rotatable bonds is 4. The van der Waals surface area contributed by atoms with Gasteiger partial charge in [-0.25, -0.2) is 0 Å². The predicted molar refractivity (Wildman–Crippen MR) is 79.2 cm³/mol. The third kappa shape index (κ3) is 2.75. The Morgan fingerprint density at radius 1 is 1.26 bits per heavy atom. The molecule has 1 saturated carbocycles. The molecule has 2 aliphatic rings. The minimum absolute atomic E-state index is 0.189. The van der Waals surface area contributed by atoms with Gasteiger partial charge in [-0.3, -0.25) is 0 Å². The summed E-state index contributed by atoms with van der Waals surface area (Å²) in [5.74, 6) is 2.36. The standard InChI is InChI=1S/C16H22ClNO/c17-12-16(8-3-4-9-16)18-11-13-7-10-19-15-6-2-1-5-14(13)15/h1-2,5-6,13,18H,3-4,7-12H2. The van der Waals surface area contributed by atoms with Crippen LogP contribution in [0, 0.1) is 0 Å². The van der Waals surface area contributed by atoms with E-state index in [1.165, 1.54) is 31.2 Å². The lowest BCUT2D eigenvalue weighted by Gasteiger charge is -2.32. The summed E-state index contributed by atoms with van der Waals surface area (Å²) in [7, 11) is 0. The van der Waals surface area contributed by atoms with Crippen molar-refractivity contribution >= 4 is 11.6 Å². The number of halogens is 1. The largest absolute Gasteiger partial charge is 0.493 e. The van der Waals surface area contributed by atoms with E-state index in [2.05, 4.69) is 23.5 Å². The third-order valence-electron chi connectivity index (χ3n) is 4.62. The number of benzene rings is 1. The van der Waals surface area contributed by atoms with E-state index in [1.807, 2.05) is 6.07 Å². The van der Waals surface area contributed by atoms with Crippen LogP contribution in [0.2, 0.25) is 0 Å². The van der Waals surface area contributed by atoms with Gasteiger partial charge in [-0.2, -0.15) is 0 Å². The molecule has 0 bridgehead atoms. The summed E-state index contributed by atoms with van der Waals surface area (Å²) in [6.45, 7) is 1.85. The van der Waals surface area contributed by atoms with Crippen LogP contribution in [-0.4, -0.2) is 24.6 Å². The highest BCUT2D eigenvalue weighted by atomic mass is 35.5. The molecule has 1 heterocycles. The first-order valence-electron chi connectivity index (χ1n) is 7.36. The number of hydrogen-bond acceptors (Lipinski definition) is 2. The molecule has 1 N–H and O–H groups in total. The van der Waals surface area contributed by atoms with Crippen molar-refractivity contribution in [2.75, 3.05) is 19.0 Å². The molecule has 0 radical (unpaired) electrons. The number of nitrogens with one attached hydrogen (secondary N) is 1. The van der Waals surface area contributed by atoms with Crippen LogP contribution in [0.4, 0.5) is 0 Å². The molecule has 0 amide bonds. The van der Waals surface area contributed by atoms with Crippen molar-refractivity contribution in [2.45, 2.75) is 43.6 Å². The Bertz CT molecular complexity index is 429. The van der Waals surface area contributed by atoms with Gasteiger partial charge in [0.05, 0.1) is 6.61 Å². The lowest BCUT2D eigenvalue weighted by Crippen LogP contribution is -2.46. The summed E-state index contributed by atoms with van der Waals surface area (Å²) in [6.07, 6.45) is 6.17. The Labute approximate surface area is 120 Å². The fourth-order valence-corrected chi connectivity index (χ4v) is 3.74. The number of alkyl halides is 1. The minimum atomic E-state index is 0.189. The molecule has 0 aromatic heterocycles. The quantitative estimate of drug-likeness (QED) is 0.849. The fraction of sp³-hybridized carbons (Fsp3) is 0.625. The van der Waals surface area contributed by atoms with E-state index in [0.717, 1.165) is 31.2 Å². The molecule has 104 valence electrons. The molecule has 19 heavy (non-hydrogen) atoms. The highest BCUT2D eigenvalue weighted by Crippen LogP contribution is 2.35. The van der Waals surface area contributed by atoms with Gasteiger partial charge in [0.2, 0.25) is 0 Å². The van der Waals surface area contributed by atoms with Crippen LogP contribution < -0.4 is 10.1 Å². The average Bonchev–Trinajstić information content (AvgIpc) is 2.94. The summed E-state index contributed by atoms with van der Waals surface area (Å²) in [5.41, 5.74) is 1.54. The van der Waals surface area contributed by atoms with Crippen molar-refractivity contribution in [3.63, 3.8) is 0 Å². The van der Waals surface area contributed by atoms with Crippen molar-refractivity contribution < 1.29 is 4.74 Å². The molecule has 1 aromatic rings. The lowest BCUT2D eigenvalue weighted by atomic mass is 9.91. The molecule has 1 unspecified atom stereocenters. The highest BCUT2D eigenvalue weighted by Gasteiger charge is 2.33. The Balaban J connectivity index is 1.68. The molecular weight excluding hydrogens is 258 g/mol. The molecule has 3 rings (SSSR count). The van der Waals surface area contributed by atoms with Crippen molar-refractivity contribution in [3.8, 4) is 5.75 Å². The van der Waals surface area contributed by atoms with E-state index in [0.29, 0.717) is 5.92 Å².